The number of allylic oxidation sites excluding steroid dienone is 3. The van der Waals surface area contributed by atoms with Crippen LogP contribution >= 0.6 is 0 Å². The number of hydrogen-bond acceptors (Lipinski definition) is 1. The van der Waals surface area contributed by atoms with Crippen LogP contribution in [0.25, 0.3) is 0 Å². The van der Waals surface area contributed by atoms with E-state index in [4.69, 9.17) is 4.99 Å². The Labute approximate surface area is 85.6 Å². The van der Waals surface area contributed by atoms with Crippen LogP contribution in [0.5, 0.6) is 0 Å². The van der Waals surface area contributed by atoms with Crippen LogP contribution in [0.2, 0.25) is 0 Å². The molecule has 1 atom stereocenters. The largest absolute Gasteiger partial charge is 0.281 e. The van der Waals surface area contributed by atoms with Crippen molar-refractivity contribution in [3.63, 3.8) is 0 Å². The first-order chi connectivity index (χ1) is 6.92. The van der Waals surface area contributed by atoms with Gasteiger partial charge in [-0.25, -0.2) is 0 Å². The highest BCUT2D eigenvalue weighted by Gasteiger charge is 2.50. The van der Waals surface area contributed by atoms with E-state index in [2.05, 4.69) is 18.2 Å². The van der Waals surface area contributed by atoms with Gasteiger partial charge >= 0.3 is 0 Å². The fourth-order valence-corrected chi connectivity index (χ4v) is 2.54. The smallest absolute Gasteiger partial charge is 0.0880 e. The van der Waals surface area contributed by atoms with Gasteiger partial charge in [0.15, 0.2) is 0 Å². The molecule has 0 amide bonds. The van der Waals surface area contributed by atoms with Crippen molar-refractivity contribution in [2.45, 2.75) is 37.6 Å². The van der Waals surface area contributed by atoms with Gasteiger partial charge in [0.05, 0.1) is 5.54 Å². The predicted octanol–water partition coefficient (Wildman–Crippen LogP) is 3.09. The molecule has 0 aromatic heterocycles. The van der Waals surface area contributed by atoms with E-state index in [9.17, 15) is 0 Å². The van der Waals surface area contributed by atoms with Gasteiger partial charge in [-0.05, 0) is 37.7 Å². The molecule has 1 aliphatic heterocycles. The van der Waals surface area contributed by atoms with Crippen LogP contribution < -0.4 is 0 Å². The maximum atomic E-state index is 4.80. The predicted molar refractivity (Wildman–Crippen MR) is 59.3 cm³/mol. The molecule has 2 saturated carbocycles. The van der Waals surface area contributed by atoms with Gasteiger partial charge in [-0.15, -0.1) is 0 Å². The van der Waals surface area contributed by atoms with Gasteiger partial charge in [0, 0.05) is 12.1 Å². The summed E-state index contributed by atoms with van der Waals surface area (Å²) in [5, 5.41) is 0. The second-order valence-electron chi connectivity index (χ2n) is 4.58. The van der Waals surface area contributed by atoms with Gasteiger partial charge in [0.1, 0.15) is 0 Å². The Morgan fingerprint density at radius 3 is 2.64 bits per heavy atom. The molecule has 2 aliphatic carbocycles. The van der Waals surface area contributed by atoms with Crippen molar-refractivity contribution in [3.05, 3.63) is 30.2 Å². The fraction of sp³-hybridized carbons (Fsp3) is 0.538. The van der Waals surface area contributed by atoms with Crippen molar-refractivity contribution in [1.82, 2.24) is 0 Å². The molecular weight excluding hydrogens is 170 g/mol. The van der Waals surface area contributed by atoms with Crippen molar-refractivity contribution >= 4 is 6.21 Å². The second kappa shape index (κ2) is 3.08. The molecule has 1 heteroatoms. The van der Waals surface area contributed by atoms with Crippen molar-refractivity contribution in [2.75, 3.05) is 0 Å². The molecule has 14 heavy (non-hydrogen) atoms. The lowest BCUT2D eigenvalue weighted by atomic mass is 9.68. The van der Waals surface area contributed by atoms with Gasteiger partial charge in [-0.2, -0.15) is 0 Å². The summed E-state index contributed by atoms with van der Waals surface area (Å²) in [6, 6.07) is 0. The van der Waals surface area contributed by atoms with E-state index >= 15 is 0 Å². The standard InChI is InChI=1S/C13H16N/c1-2-9-13(12-7-8-12,14-10-3-1)11-5-4-6-11/h1-3,9-10,12H,4-8H2. The molecule has 1 radical (unpaired) electrons. The summed E-state index contributed by atoms with van der Waals surface area (Å²) in [5.41, 5.74) is 0.113. The zero-order valence-corrected chi connectivity index (χ0v) is 8.45. The zero-order valence-electron chi connectivity index (χ0n) is 8.45. The summed E-state index contributed by atoms with van der Waals surface area (Å²) < 4.78 is 0. The first kappa shape index (κ1) is 8.46. The highest BCUT2D eigenvalue weighted by atomic mass is 14.9. The lowest BCUT2D eigenvalue weighted by molar-refractivity contribution is 0.365. The quantitative estimate of drug-likeness (QED) is 0.628. The van der Waals surface area contributed by atoms with Gasteiger partial charge in [0.2, 0.25) is 0 Å². The van der Waals surface area contributed by atoms with E-state index in [0.29, 0.717) is 0 Å². The SMILES string of the molecule is C1=CC=NC([C]2CCC2)(C2CC2)C=C1. The molecule has 0 bridgehead atoms. The van der Waals surface area contributed by atoms with Gasteiger partial charge in [0.25, 0.3) is 0 Å². The van der Waals surface area contributed by atoms with Crippen LogP contribution in [-0.4, -0.2) is 11.8 Å². The summed E-state index contributed by atoms with van der Waals surface area (Å²) in [4.78, 5) is 4.80. The third-order valence-electron chi connectivity index (χ3n) is 3.67. The maximum Gasteiger partial charge on any atom is 0.0880 e. The van der Waals surface area contributed by atoms with Crippen LogP contribution in [0.4, 0.5) is 0 Å². The third kappa shape index (κ3) is 1.18. The Bertz CT molecular complexity index is 287. The first-order valence-corrected chi connectivity index (χ1v) is 5.67. The van der Waals surface area contributed by atoms with E-state index in [1.54, 1.807) is 5.92 Å². The van der Waals surface area contributed by atoms with Crippen molar-refractivity contribution in [2.24, 2.45) is 10.9 Å². The van der Waals surface area contributed by atoms with E-state index in [1.165, 1.54) is 32.1 Å². The Morgan fingerprint density at radius 2 is 2.00 bits per heavy atom. The topological polar surface area (TPSA) is 12.4 Å². The Balaban J connectivity index is 1.93. The minimum Gasteiger partial charge on any atom is -0.281 e. The number of hydrogen-bond donors (Lipinski definition) is 0. The number of nitrogens with zero attached hydrogens (tertiary/aromatic N) is 1. The monoisotopic (exact) mass is 186 g/mol. The summed E-state index contributed by atoms with van der Waals surface area (Å²) in [5.74, 6) is 2.49. The molecule has 0 aromatic rings. The number of aliphatic imine (C=N–C) groups is 1. The molecule has 1 heterocycles. The van der Waals surface area contributed by atoms with E-state index in [-0.39, 0.29) is 5.54 Å². The highest BCUT2D eigenvalue weighted by molar-refractivity contribution is 5.73. The molecule has 3 rings (SSSR count). The van der Waals surface area contributed by atoms with Crippen LogP contribution in [-0.2, 0) is 0 Å². The molecule has 0 spiro atoms. The average Bonchev–Trinajstić information content (AvgIpc) is 2.87. The van der Waals surface area contributed by atoms with Crippen molar-refractivity contribution in [3.8, 4) is 0 Å². The minimum absolute atomic E-state index is 0.113. The Morgan fingerprint density at radius 1 is 1.14 bits per heavy atom. The van der Waals surface area contributed by atoms with E-state index in [1.807, 2.05) is 12.3 Å². The van der Waals surface area contributed by atoms with Crippen molar-refractivity contribution in [1.29, 1.82) is 0 Å². The summed E-state index contributed by atoms with van der Waals surface area (Å²) in [7, 11) is 0. The van der Waals surface area contributed by atoms with Crippen molar-refractivity contribution < 1.29 is 0 Å². The summed E-state index contributed by atoms with van der Waals surface area (Å²) in [6.07, 6.45) is 17.3. The molecular formula is C13H16N. The molecule has 0 N–H and O–H groups in total. The molecule has 0 aromatic carbocycles. The summed E-state index contributed by atoms with van der Waals surface area (Å²) >= 11 is 0. The van der Waals surface area contributed by atoms with Crippen LogP contribution in [0.1, 0.15) is 32.1 Å². The van der Waals surface area contributed by atoms with Gasteiger partial charge in [-0.3, -0.25) is 4.99 Å². The zero-order chi connectivity index (χ0) is 9.43. The molecule has 0 saturated heterocycles. The van der Waals surface area contributed by atoms with Crippen LogP contribution in [0.3, 0.4) is 0 Å². The molecule has 1 nitrogen and oxygen atoms in total. The fourth-order valence-electron chi connectivity index (χ4n) is 2.54. The molecule has 1 unspecified atom stereocenters. The van der Waals surface area contributed by atoms with E-state index < -0.39 is 0 Å². The maximum absolute atomic E-state index is 4.80. The lowest BCUT2D eigenvalue weighted by Gasteiger charge is -2.40. The van der Waals surface area contributed by atoms with E-state index in [0.717, 1.165) is 5.92 Å². The molecule has 2 fully saturated rings. The summed E-state index contributed by atoms with van der Waals surface area (Å²) in [6.45, 7) is 0. The Hall–Kier alpha value is -0.850. The molecule has 73 valence electrons. The second-order valence-corrected chi connectivity index (χ2v) is 4.58. The van der Waals surface area contributed by atoms with Gasteiger partial charge < -0.3 is 0 Å². The lowest BCUT2D eigenvalue weighted by Crippen LogP contribution is -2.38. The average molecular weight is 186 g/mol. The van der Waals surface area contributed by atoms with Gasteiger partial charge in [-0.1, -0.05) is 24.6 Å². The Kier molecular flexibility index (Phi) is 1.86. The minimum atomic E-state index is 0.113. The molecule has 3 aliphatic rings. The highest BCUT2D eigenvalue weighted by Crippen LogP contribution is 2.54. The van der Waals surface area contributed by atoms with Crippen LogP contribution in [0.15, 0.2) is 29.3 Å². The first-order valence-electron chi connectivity index (χ1n) is 5.67. The number of rotatable bonds is 2. The van der Waals surface area contributed by atoms with Crippen LogP contribution in [0, 0.1) is 11.8 Å². The normalized spacial score (nSPS) is 36.9. The third-order valence-corrected chi connectivity index (χ3v) is 3.67.